The fourth-order valence-corrected chi connectivity index (χ4v) is 2.07. The molecule has 0 amide bonds. The zero-order valence-electron chi connectivity index (χ0n) is 9.20. The predicted octanol–water partition coefficient (Wildman–Crippen LogP) is 0.716. The van der Waals surface area contributed by atoms with Gasteiger partial charge in [-0.25, -0.2) is 0 Å². The summed E-state index contributed by atoms with van der Waals surface area (Å²) >= 11 is 0. The summed E-state index contributed by atoms with van der Waals surface area (Å²) in [5, 5.41) is 0. The quantitative estimate of drug-likeness (QED) is 0.577. The summed E-state index contributed by atoms with van der Waals surface area (Å²) < 4.78 is 0. The Balaban J connectivity index is 3.10. The predicted molar refractivity (Wildman–Crippen MR) is 60.3 cm³/mol. The maximum atomic E-state index is 6.09. The van der Waals surface area contributed by atoms with E-state index in [1.165, 1.54) is 0 Å². The molecule has 14 heavy (non-hydrogen) atoms. The zero-order chi connectivity index (χ0) is 10.9. The van der Waals surface area contributed by atoms with Crippen molar-refractivity contribution in [1.29, 1.82) is 0 Å². The van der Waals surface area contributed by atoms with Crippen LogP contribution in [0.25, 0.3) is 0 Å². The third kappa shape index (κ3) is 1.70. The lowest BCUT2D eigenvalue weighted by atomic mass is 9.74. The van der Waals surface area contributed by atoms with E-state index in [0.717, 1.165) is 11.3 Å². The zero-order valence-corrected chi connectivity index (χ0v) is 9.20. The van der Waals surface area contributed by atoms with E-state index in [0.29, 0.717) is 5.92 Å². The molecule has 0 saturated carbocycles. The Morgan fingerprint density at radius 1 is 1.21 bits per heavy atom. The van der Waals surface area contributed by atoms with Crippen molar-refractivity contribution >= 4 is 0 Å². The second kappa shape index (κ2) is 4.15. The van der Waals surface area contributed by atoms with Gasteiger partial charge < -0.3 is 17.2 Å². The lowest BCUT2D eigenvalue weighted by molar-refractivity contribution is 0.318. The van der Waals surface area contributed by atoms with Gasteiger partial charge in [-0.2, -0.15) is 0 Å². The molecule has 0 heterocycles. The molecule has 3 nitrogen and oxygen atoms in total. The van der Waals surface area contributed by atoms with E-state index in [1.807, 2.05) is 19.1 Å². The standard InChI is InChI=1S/C11H21N3/c1-4-5-8-6(2)9(12)7(3)10(13)11(8)14/h4-7,9-10H,12-14H2,1-3H3/b5-4+. The summed E-state index contributed by atoms with van der Waals surface area (Å²) in [6.45, 7) is 6.14. The van der Waals surface area contributed by atoms with Crippen LogP contribution in [0.3, 0.4) is 0 Å². The number of rotatable bonds is 1. The molecule has 1 aliphatic rings. The third-order valence-corrected chi connectivity index (χ3v) is 3.28. The van der Waals surface area contributed by atoms with Gasteiger partial charge in [0.15, 0.2) is 0 Å². The van der Waals surface area contributed by atoms with Gasteiger partial charge in [0.2, 0.25) is 0 Å². The molecular formula is C11H21N3. The first kappa shape index (κ1) is 11.3. The fourth-order valence-electron chi connectivity index (χ4n) is 2.07. The Hall–Kier alpha value is -0.800. The van der Waals surface area contributed by atoms with Crippen LogP contribution >= 0.6 is 0 Å². The molecule has 0 fully saturated rings. The van der Waals surface area contributed by atoms with Crippen LogP contribution in [0.5, 0.6) is 0 Å². The molecule has 4 atom stereocenters. The van der Waals surface area contributed by atoms with Crippen molar-refractivity contribution < 1.29 is 0 Å². The number of hydrogen-bond acceptors (Lipinski definition) is 3. The van der Waals surface area contributed by atoms with Crippen LogP contribution in [0.1, 0.15) is 20.8 Å². The molecule has 80 valence electrons. The highest BCUT2D eigenvalue weighted by Gasteiger charge is 2.34. The van der Waals surface area contributed by atoms with Gasteiger partial charge in [-0.1, -0.05) is 26.0 Å². The lowest BCUT2D eigenvalue weighted by Gasteiger charge is -2.37. The van der Waals surface area contributed by atoms with Gasteiger partial charge >= 0.3 is 0 Å². The molecular weight excluding hydrogens is 174 g/mol. The Morgan fingerprint density at radius 2 is 1.79 bits per heavy atom. The van der Waals surface area contributed by atoms with Crippen LogP contribution < -0.4 is 17.2 Å². The van der Waals surface area contributed by atoms with Gasteiger partial charge in [0.05, 0.1) is 0 Å². The molecule has 1 rings (SSSR count). The minimum atomic E-state index is -0.104. The molecule has 6 N–H and O–H groups in total. The van der Waals surface area contributed by atoms with Crippen molar-refractivity contribution in [3.8, 4) is 0 Å². The fraction of sp³-hybridized carbons (Fsp3) is 0.636. The van der Waals surface area contributed by atoms with E-state index < -0.39 is 0 Å². The molecule has 0 saturated heterocycles. The minimum Gasteiger partial charge on any atom is -0.401 e. The van der Waals surface area contributed by atoms with Crippen molar-refractivity contribution in [1.82, 2.24) is 0 Å². The van der Waals surface area contributed by atoms with Crippen LogP contribution in [0, 0.1) is 11.8 Å². The summed E-state index contributed by atoms with van der Waals surface area (Å²) in [7, 11) is 0. The van der Waals surface area contributed by atoms with Crippen molar-refractivity contribution in [3.63, 3.8) is 0 Å². The van der Waals surface area contributed by atoms with Crippen LogP contribution in [0.15, 0.2) is 23.4 Å². The summed E-state index contributed by atoms with van der Waals surface area (Å²) in [6, 6.07) is -0.00380. The third-order valence-electron chi connectivity index (χ3n) is 3.28. The minimum absolute atomic E-state index is 0.100. The van der Waals surface area contributed by atoms with Crippen molar-refractivity contribution in [2.45, 2.75) is 32.9 Å². The smallest absolute Gasteiger partial charge is 0.0486 e. The van der Waals surface area contributed by atoms with Crippen LogP contribution in [-0.2, 0) is 0 Å². The molecule has 1 aliphatic carbocycles. The summed E-state index contributed by atoms with van der Waals surface area (Å²) in [6.07, 6.45) is 4.00. The van der Waals surface area contributed by atoms with E-state index in [9.17, 15) is 0 Å². The molecule has 0 aromatic heterocycles. The highest BCUT2D eigenvalue weighted by molar-refractivity contribution is 5.34. The molecule has 0 bridgehead atoms. The maximum absolute atomic E-state index is 6.09. The van der Waals surface area contributed by atoms with Gasteiger partial charge in [-0.15, -0.1) is 0 Å². The Labute approximate surface area is 86.0 Å². The molecule has 0 spiro atoms. The first-order chi connectivity index (χ1) is 6.50. The Kier molecular flexibility index (Phi) is 3.34. The average molecular weight is 195 g/mol. The summed E-state index contributed by atoms with van der Waals surface area (Å²) in [5.41, 5.74) is 20.0. The van der Waals surface area contributed by atoms with Crippen molar-refractivity contribution in [2.75, 3.05) is 0 Å². The second-order valence-electron chi connectivity index (χ2n) is 4.16. The van der Waals surface area contributed by atoms with Gasteiger partial charge in [0.1, 0.15) is 0 Å². The van der Waals surface area contributed by atoms with E-state index in [-0.39, 0.29) is 18.0 Å². The topological polar surface area (TPSA) is 78.1 Å². The highest BCUT2D eigenvalue weighted by Crippen LogP contribution is 2.30. The number of nitrogens with two attached hydrogens (primary N) is 3. The lowest BCUT2D eigenvalue weighted by Crippen LogP contribution is -2.51. The largest absolute Gasteiger partial charge is 0.401 e. The van der Waals surface area contributed by atoms with Crippen LogP contribution in [-0.4, -0.2) is 12.1 Å². The second-order valence-corrected chi connectivity index (χ2v) is 4.16. The van der Waals surface area contributed by atoms with Crippen molar-refractivity contribution in [3.05, 3.63) is 23.4 Å². The SMILES string of the molecule is C/C=C/C1=C(N)C(N)C(C)C(N)C1C. The molecule has 4 unspecified atom stereocenters. The van der Waals surface area contributed by atoms with E-state index >= 15 is 0 Å². The van der Waals surface area contributed by atoms with Gasteiger partial charge in [0, 0.05) is 17.8 Å². The molecule has 0 radical (unpaired) electrons. The first-order valence-electron chi connectivity index (χ1n) is 5.14. The summed E-state index contributed by atoms with van der Waals surface area (Å²) in [5.74, 6) is 0.542. The average Bonchev–Trinajstić information content (AvgIpc) is 2.19. The van der Waals surface area contributed by atoms with Crippen LogP contribution in [0.4, 0.5) is 0 Å². The monoisotopic (exact) mass is 195 g/mol. The van der Waals surface area contributed by atoms with Gasteiger partial charge in [0.25, 0.3) is 0 Å². The number of allylic oxidation sites excluding steroid dienone is 2. The van der Waals surface area contributed by atoms with E-state index in [4.69, 9.17) is 17.2 Å². The van der Waals surface area contributed by atoms with Crippen LogP contribution in [0.2, 0.25) is 0 Å². The Morgan fingerprint density at radius 3 is 2.29 bits per heavy atom. The molecule has 3 heteroatoms. The normalized spacial score (nSPS) is 39.5. The molecule has 0 aromatic rings. The Bertz CT molecular complexity index is 268. The first-order valence-corrected chi connectivity index (χ1v) is 5.14. The maximum Gasteiger partial charge on any atom is 0.0486 e. The highest BCUT2D eigenvalue weighted by atomic mass is 14.8. The van der Waals surface area contributed by atoms with E-state index in [1.54, 1.807) is 0 Å². The number of hydrogen-bond donors (Lipinski definition) is 3. The summed E-state index contributed by atoms with van der Waals surface area (Å²) in [4.78, 5) is 0. The van der Waals surface area contributed by atoms with Gasteiger partial charge in [-0.05, 0) is 24.3 Å². The van der Waals surface area contributed by atoms with E-state index in [2.05, 4.69) is 13.8 Å². The molecule has 0 aliphatic heterocycles. The van der Waals surface area contributed by atoms with Crippen molar-refractivity contribution in [2.24, 2.45) is 29.0 Å². The molecule has 0 aromatic carbocycles. The van der Waals surface area contributed by atoms with Gasteiger partial charge in [-0.3, -0.25) is 0 Å².